The third-order valence-electron chi connectivity index (χ3n) is 15.2. The highest BCUT2D eigenvalue weighted by molar-refractivity contribution is 6.01. The molecule has 280 valence electrons. The number of esters is 1. The Morgan fingerprint density at radius 2 is 1.59 bits per heavy atom. The Labute approximate surface area is 304 Å². The highest BCUT2D eigenvalue weighted by atomic mass is 16.5. The van der Waals surface area contributed by atoms with E-state index < -0.39 is 28.9 Å². The van der Waals surface area contributed by atoms with E-state index in [1.165, 1.54) is 5.57 Å². The van der Waals surface area contributed by atoms with Crippen LogP contribution in [0.1, 0.15) is 130 Å². The van der Waals surface area contributed by atoms with Gasteiger partial charge in [0.25, 0.3) is 5.91 Å². The van der Waals surface area contributed by atoms with Gasteiger partial charge in [-0.2, -0.15) is 0 Å². The smallest absolute Gasteiger partial charge is 0.309 e. The first-order valence-electron chi connectivity index (χ1n) is 19.5. The molecule has 0 aliphatic heterocycles. The van der Waals surface area contributed by atoms with E-state index in [-0.39, 0.29) is 58.8 Å². The number of ketones is 1. The molecule has 9 unspecified atom stereocenters. The van der Waals surface area contributed by atoms with Gasteiger partial charge in [0.1, 0.15) is 6.10 Å². The average Bonchev–Trinajstić information content (AvgIpc) is 3.38. The van der Waals surface area contributed by atoms with Crippen LogP contribution >= 0.6 is 0 Å². The van der Waals surface area contributed by atoms with E-state index in [9.17, 15) is 29.4 Å². The zero-order valence-corrected chi connectivity index (χ0v) is 32.1. The van der Waals surface area contributed by atoms with Crippen molar-refractivity contribution in [3.05, 3.63) is 47.0 Å². The maximum atomic E-state index is 13.9. The predicted molar refractivity (Wildman–Crippen MR) is 196 cm³/mol. The van der Waals surface area contributed by atoms with Crippen molar-refractivity contribution < 1.29 is 34.1 Å². The van der Waals surface area contributed by atoms with Crippen molar-refractivity contribution in [1.29, 1.82) is 0 Å². The molecule has 4 fully saturated rings. The number of nitrogens with one attached hydrogen (secondary N) is 1. The topological polar surface area (TPSA) is 130 Å². The number of rotatable bonds is 9. The maximum absolute atomic E-state index is 13.9. The van der Waals surface area contributed by atoms with Crippen LogP contribution in [0.15, 0.2) is 41.5 Å². The number of aliphatic hydroxyl groups excluding tert-OH is 1. The zero-order chi connectivity index (χ0) is 37.3. The summed E-state index contributed by atoms with van der Waals surface area (Å²) in [6, 6.07) is 9.06. The minimum Gasteiger partial charge on any atom is -0.481 e. The van der Waals surface area contributed by atoms with Crippen molar-refractivity contribution in [2.45, 2.75) is 132 Å². The first-order valence-corrected chi connectivity index (χ1v) is 19.5. The number of carbonyl (C=O) groups excluding carboxylic acids is 3. The summed E-state index contributed by atoms with van der Waals surface area (Å²) in [6.45, 7) is 17.0. The third-order valence-corrected chi connectivity index (χ3v) is 15.2. The fourth-order valence-electron chi connectivity index (χ4n) is 12.7. The molecule has 3 N–H and O–H groups in total. The fourth-order valence-corrected chi connectivity index (χ4v) is 12.7. The largest absolute Gasteiger partial charge is 0.481 e. The molecule has 0 bridgehead atoms. The van der Waals surface area contributed by atoms with Crippen molar-refractivity contribution >= 4 is 23.6 Å². The van der Waals surface area contributed by atoms with Crippen LogP contribution in [0.25, 0.3) is 0 Å². The van der Waals surface area contributed by atoms with Crippen LogP contribution in [0, 0.1) is 56.7 Å². The molecule has 0 saturated heterocycles. The van der Waals surface area contributed by atoms with Crippen LogP contribution in [-0.2, 0) is 19.1 Å². The number of hydrogen-bond acceptors (Lipinski definition) is 6. The average molecular weight is 704 g/mol. The molecule has 1 aromatic rings. The summed E-state index contributed by atoms with van der Waals surface area (Å²) in [5.41, 5.74) is 0.733. The number of hydrogen-bond donors (Lipinski definition) is 3. The zero-order valence-electron chi connectivity index (χ0n) is 32.1. The molecule has 5 aliphatic rings. The third kappa shape index (κ3) is 6.09. The van der Waals surface area contributed by atoms with Gasteiger partial charge in [-0.05, 0) is 123 Å². The van der Waals surface area contributed by atoms with Crippen molar-refractivity contribution in [3.8, 4) is 0 Å². The van der Waals surface area contributed by atoms with Gasteiger partial charge in [-0.15, -0.1) is 0 Å². The van der Waals surface area contributed by atoms with Gasteiger partial charge in [0.15, 0.2) is 5.78 Å². The molecule has 1 aromatic carbocycles. The highest BCUT2D eigenvalue weighted by Gasteiger charge is 2.67. The number of carboxylic acid groups (broad SMARTS) is 1. The Bertz CT molecular complexity index is 1590. The molecule has 8 heteroatoms. The van der Waals surface area contributed by atoms with Crippen molar-refractivity contribution in [1.82, 2.24) is 5.32 Å². The number of fused-ring (bicyclic) bond motifs is 7. The summed E-state index contributed by atoms with van der Waals surface area (Å²) in [5.74, 6) is 0.0536. The van der Waals surface area contributed by atoms with Crippen LogP contribution in [0.4, 0.5) is 0 Å². The second-order valence-corrected chi connectivity index (χ2v) is 19.0. The van der Waals surface area contributed by atoms with Crippen LogP contribution < -0.4 is 5.32 Å². The summed E-state index contributed by atoms with van der Waals surface area (Å²) in [6.07, 6.45) is 6.63. The molecule has 0 spiro atoms. The lowest BCUT2D eigenvalue weighted by Crippen LogP contribution is -2.63. The SMILES string of the molecule is CC(C)C1=C2C3CCC4C(C)(CCC5C(C)(C)C(OC(=O)CC(C)(C)C(=O)O)CCC54C)C3CCC2(C(O)CNC(=O)c2ccccc2)CC1=O. The van der Waals surface area contributed by atoms with E-state index in [0.717, 1.165) is 56.9 Å². The number of benzene rings is 1. The van der Waals surface area contributed by atoms with Crippen LogP contribution in [0.5, 0.6) is 0 Å². The number of amides is 1. The second kappa shape index (κ2) is 13.1. The molecule has 5 aliphatic carbocycles. The highest BCUT2D eigenvalue weighted by Crippen LogP contribution is 2.73. The van der Waals surface area contributed by atoms with Gasteiger partial charge in [-0.3, -0.25) is 19.2 Å². The normalized spacial score (nSPS) is 36.4. The van der Waals surface area contributed by atoms with Crippen molar-refractivity contribution in [2.24, 2.45) is 56.7 Å². The molecule has 0 aromatic heterocycles. The van der Waals surface area contributed by atoms with Gasteiger partial charge in [-0.25, -0.2) is 0 Å². The van der Waals surface area contributed by atoms with E-state index in [1.54, 1.807) is 26.0 Å². The fraction of sp³-hybridized carbons (Fsp3) is 0.721. The van der Waals surface area contributed by atoms with Gasteiger partial charge in [-0.1, -0.05) is 65.3 Å². The molecule has 9 atom stereocenters. The molecule has 51 heavy (non-hydrogen) atoms. The maximum Gasteiger partial charge on any atom is 0.309 e. The minimum atomic E-state index is -1.17. The van der Waals surface area contributed by atoms with Gasteiger partial charge in [0.2, 0.25) is 0 Å². The Morgan fingerprint density at radius 1 is 0.922 bits per heavy atom. The summed E-state index contributed by atoms with van der Waals surface area (Å²) in [5, 5.41) is 24.6. The van der Waals surface area contributed by atoms with Crippen molar-refractivity contribution in [3.63, 3.8) is 0 Å². The molecule has 4 saturated carbocycles. The van der Waals surface area contributed by atoms with Crippen LogP contribution in [0.2, 0.25) is 0 Å². The molecule has 6 rings (SSSR count). The molecule has 8 nitrogen and oxygen atoms in total. The Kier molecular flexibility index (Phi) is 9.73. The summed E-state index contributed by atoms with van der Waals surface area (Å²) in [7, 11) is 0. The summed E-state index contributed by atoms with van der Waals surface area (Å²) >= 11 is 0. The van der Waals surface area contributed by atoms with Crippen molar-refractivity contribution in [2.75, 3.05) is 6.54 Å². The van der Waals surface area contributed by atoms with E-state index >= 15 is 0 Å². The predicted octanol–water partition coefficient (Wildman–Crippen LogP) is 7.78. The number of aliphatic carboxylic acids is 1. The number of aliphatic hydroxyl groups is 1. The van der Waals surface area contributed by atoms with Crippen LogP contribution in [-0.4, -0.2) is 52.6 Å². The lowest BCUT2D eigenvalue weighted by molar-refractivity contribution is -0.214. The summed E-state index contributed by atoms with van der Waals surface area (Å²) < 4.78 is 6.13. The number of carbonyl (C=O) groups is 4. The Balaban J connectivity index is 1.24. The lowest BCUT2D eigenvalue weighted by Gasteiger charge is -2.69. The molecule has 1 amide bonds. The van der Waals surface area contributed by atoms with E-state index in [4.69, 9.17) is 4.74 Å². The van der Waals surface area contributed by atoms with E-state index in [1.807, 2.05) is 18.2 Å². The standard InChI is InChI=1S/C43H61NO7/c1-25(2)35-29(45)22-43(32(46)24-44-37(48)26-12-10-9-11-13-26)21-16-28-27(36(35)43)14-15-31-41(28,7)19-17-30-40(5,6)33(18-20-42(30,31)8)51-34(47)23-39(3,4)38(49)50/h9-13,25,27-28,30-33,46H,14-24H2,1-8H3,(H,44,48)(H,49,50). The van der Waals surface area contributed by atoms with Gasteiger partial charge >= 0.3 is 11.9 Å². The van der Waals surface area contributed by atoms with E-state index in [0.29, 0.717) is 29.7 Å². The molecular weight excluding hydrogens is 642 g/mol. The van der Waals surface area contributed by atoms with Crippen LogP contribution in [0.3, 0.4) is 0 Å². The molecule has 0 radical (unpaired) electrons. The first kappa shape index (κ1) is 37.7. The minimum absolute atomic E-state index is 0.0568. The van der Waals surface area contributed by atoms with E-state index in [2.05, 4.69) is 46.9 Å². The van der Waals surface area contributed by atoms with Gasteiger partial charge in [0.05, 0.1) is 17.9 Å². The monoisotopic (exact) mass is 703 g/mol. The quantitative estimate of drug-likeness (QED) is 0.224. The number of allylic oxidation sites excluding steroid dienone is 1. The second-order valence-electron chi connectivity index (χ2n) is 19.0. The van der Waals surface area contributed by atoms with Gasteiger partial charge in [0, 0.05) is 29.4 Å². The number of carboxylic acids is 1. The van der Waals surface area contributed by atoms with Gasteiger partial charge < -0.3 is 20.3 Å². The first-order chi connectivity index (χ1) is 23.8. The lowest BCUT2D eigenvalue weighted by atomic mass is 9.36. The Morgan fingerprint density at radius 3 is 2.24 bits per heavy atom. The Hall–Kier alpha value is -3.00. The number of Topliss-reactive ketones (excluding diaryl/α,β-unsaturated/α-hetero) is 1. The molecule has 0 heterocycles. The molecular formula is C43H61NO7. The number of ether oxygens (including phenoxy) is 1. The summed E-state index contributed by atoms with van der Waals surface area (Å²) in [4.78, 5) is 51.6.